The molecule has 0 bridgehead atoms. The van der Waals surface area contributed by atoms with E-state index in [1.54, 1.807) is 25.1 Å². The van der Waals surface area contributed by atoms with Gasteiger partial charge >= 0.3 is 5.97 Å². The van der Waals surface area contributed by atoms with Crippen LogP contribution < -0.4 is 18.9 Å². The molecule has 3 rings (SSSR count). The lowest BCUT2D eigenvalue weighted by molar-refractivity contribution is 0.0728. The Morgan fingerprint density at radius 3 is 2.73 bits per heavy atom. The molecule has 26 heavy (non-hydrogen) atoms. The standard InChI is InChI=1S/C19H16ClNO5/c1-2-23-17-9-12(11-21)8-14(20)18(17)26-19(22)13-4-5-15-16(10-13)25-7-3-6-24-15/h4-5,8-10H,2-3,6-7H2,1H3. The summed E-state index contributed by atoms with van der Waals surface area (Å²) >= 11 is 6.16. The molecule has 1 aliphatic rings. The Hall–Kier alpha value is -2.91. The second-order valence-electron chi connectivity index (χ2n) is 5.43. The number of carbonyl (C=O) groups excluding carboxylic acids is 1. The van der Waals surface area contributed by atoms with Gasteiger partial charge in [-0.25, -0.2) is 4.79 Å². The summed E-state index contributed by atoms with van der Waals surface area (Å²) in [7, 11) is 0. The Kier molecular flexibility index (Phi) is 5.49. The maximum atomic E-state index is 12.6. The first-order valence-electron chi connectivity index (χ1n) is 8.10. The van der Waals surface area contributed by atoms with Crippen molar-refractivity contribution in [2.45, 2.75) is 13.3 Å². The van der Waals surface area contributed by atoms with Gasteiger partial charge in [-0.1, -0.05) is 11.6 Å². The first-order chi connectivity index (χ1) is 12.6. The number of ether oxygens (including phenoxy) is 4. The molecular weight excluding hydrogens is 358 g/mol. The van der Waals surface area contributed by atoms with E-state index >= 15 is 0 Å². The van der Waals surface area contributed by atoms with Gasteiger partial charge in [0.25, 0.3) is 0 Å². The quantitative estimate of drug-likeness (QED) is 0.595. The highest BCUT2D eigenvalue weighted by molar-refractivity contribution is 6.32. The lowest BCUT2D eigenvalue weighted by Crippen LogP contribution is -2.10. The number of rotatable bonds is 4. The van der Waals surface area contributed by atoms with E-state index in [0.717, 1.165) is 6.42 Å². The number of benzene rings is 2. The van der Waals surface area contributed by atoms with Crippen molar-refractivity contribution < 1.29 is 23.7 Å². The predicted octanol–water partition coefficient (Wildman–Crippen LogP) is 3.99. The predicted molar refractivity (Wildman–Crippen MR) is 94.3 cm³/mol. The summed E-state index contributed by atoms with van der Waals surface area (Å²) in [6, 6.07) is 9.71. The minimum atomic E-state index is -0.617. The molecule has 0 fully saturated rings. The third kappa shape index (κ3) is 3.84. The van der Waals surface area contributed by atoms with Gasteiger partial charge in [0, 0.05) is 12.5 Å². The van der Waals surface area contributed by atoms with Crippen molar-refractivity contribution >= 4 is 17.6 Å². The van der Waals surface area contributed by atoms with E-state index in [1.165, 1.54) is 12.1 Å². The van der Waals surface area contributed by atoms with Gasteiger partial charge < -0.3 is 18.9 Å². The molecule has 1 heterocycles. The summed E-state index contributed by atoms with van der Waals surface area (Å²) < 4.78 is 22.0. The molecule has 1 aliphatic heterocycles. The number of nitriles is 1. The highest BCUT2D eigenvalue weighted by atomic mass is 35.5. The van der Waals surface area contributed by atoms with Crippen molar-refractivity contribution in [3.05, 3.63) is 46.5 Å². The van der Waals surface area contributed by atoms with E-state index in [1.807, 2.05) is 6.07 Å². The zero-order chi connectivity index (χ0) is 18.5. The van der Waals surface area contributed by atoms with Gasteiger partial charge in [-0.3, -0.25) is 0 Å². The lowest BCUT2D eigenvalue weighted by Gasteiger charge is -2.13. The van der Waals surface area contributed by atoms with Crippen LogP contribution >= 0.6 is 11.6 Å². The number of esters is 1. The van der Waals surface area contributed by atoms with Gasteiger partial charge in [0.1, 0.15) is 0 Å². The number of nitrogens with zero attached hydrogens (tertiary/aromatic N) is 1. The van der Waals surface area contributed by atoms with E-state index in [-0.39, 0.29) is 22.1 Å². The fourth-order valence-electron chi connectivity index (χ4n) is 2.44. The Bertz CT molecular complexity index is 875. The third-order valence-electron chi connectivity index (χ3n) is 3.62. The minimum absolute atomic E-state index is 0.0737. The van der Waals surface area contributed by atoms with Crippen LogP contribution in [0.5, 0.6) is 23.0 Å². The van der Waals surface area contributed by atoms with Gasteiger partial charge in [-0.2, -0.15) is 5.26 Å². The van der Waals surface area contributed by atoms with Crippen LogP contribution in [0.25, 0.3) is 0 Å². The molecule has 0 saturated carbocycles. The van der Waals surface area contributed by atoms with E-state index in [9.17, 15) is 4.79 Å². The summed E-state index contributed by atoms with van der Waals surface area (Å²) in [6.07, 6.45) is 0.771. The number of carbonyl (C=O) groups is 1. The Balaban J connectivity index is 1.88. The van der Waals surface area contributed by atoms with Gasteiger partial charge in [0.15, 0.2) is 23.0 Å². The highest BCUT2D eigenvalue weighted by Crippen LogP contribution is 2.37. The van der Waals surface area contributed by atoms with E-state index in [0.29, 0.717) is 36.9 Å². The SMILES string of the molecule is CCOc1cc(C#N)cc(Cl)c1OC(=O)c1ccc2c(c1)OCCCO2. The molecule has 0 spiro atoms. The van der Waals surface area contributed by atoms with Crippen LogP contribution in [0, 0.1) is 11.3 Å². The number of hydrogen-bond donors (Lipinski definition) is 0. The second-order valence-corrected chi connectivity index (χ2v) is 5.84. The molecular formula is C19H16ClNO5. The summed E-state index contributed by atoms with van der Waals surface area (Å²) in [5.41, 5.74) is 0.603. The number of hydrogen-bond acceptors (Lipinski definition) is 6. The topological polar surface area (TPSA) is 77.8 Å². The van der Waals surface area contributed by atoms with Crippen molar-refractivity contribution in [3.63, 3.8) is 0 Å². The average Bonchev–Trinajstić information content (AvgIpc) is 2.89. The highest BCUT2D eigenvalue weighted by Gasteiger charge is 2.20. The van der Waals surface area contributed by atoms with E-state index in [2.05, 4.69) is 0 Å². The first kappa shape index (κ1) is 17.9. The molecule has 2 aromatic carbocycles. The molecule has 6 nitrogen and oxygen atoms in total. The van der Waals surface area contributed by atoms with Crippen molar-refractivity contribution in [2.75, 3.05) is 19.8 Å². The third-order valence-corrected chi connectivity index (χ3v) is 3.90. The molecule has 0 N–H and O–H groups in total. The maximum Gasteiger partial charge on any atom is 0.343 e. The molecule has 0 aromatic heterocycles. The maximum absolute atomic E-state index is 12.6. The smallest absolute Gasteiger partial charge is 0.343 e. The number of fused-ring (bicyclic) bond motifs is 1. The molecule has 134 valence electrons. The molecule has 0 atom stereocenters. The number of halogens is 1. The van der Waals surface area contributed by atoms with Gasteiger partial charge in [0.2, 0.25) is 0 Å². The van der Waals surface area contributed by atoms with Crippen molar-refractivity contribution in [2.24, 2.45) is 0 Å². The van der Waals surface area contributed by atoms with Crippen LogP contribution in [0.2, 0.25) is 5.02 Å². The van der Waals surface area contributed by atoms with Gasteiger partial charge in [0.05, 0.1) is 42.0 Å². The van der Waals surface area contributed by atoms with Crippen molar-refractivity contribution in [1.29, 1.82) is 5.26 Å². The van der Waals surface area contributed by atoms with Gasteiger partial charge in [-0.05, 0) is 31.2 Å². The van der Waals surface area contributed by atoms with Crippen molar-refractivity contribution in [3.8, 4) is 29.1 Å². The monoisotopic (exact) mass is 373 g/mol. The van der Waals surface area contributed by atoms with Crippen LogP contribution in [0.3, 0.4) is 0 Å². The van der Waals surface area contributed by atoms with Crippen LogP contribution in [-0.2, 0) is 0 Å². The van der Waals surface area contributed by atoms with Crippen LogP contribution in [0.1, 0.15) is 29.3 Å². The Morgan fingerprint density at radius 1 is 1.23 bits per heavy atom. The van der Waals surface area contributed by atoms with Crippen LogP contribution in [-0.4, -0.2) is 25.8 Å². The summed E-state index contributed by atoms with van der Waals surface area (Å²) in [6.45, 7) is 3.19. The molecule has 0 radical (unpaired) electrons. The fourth-order valence-corrected chi connectivity index (χ4v) is 2.69. The fraction of sp³-hybridized carbons (Fsp3) is 0.263. The Morgan fingerprint density at radius 2 is 2.00 bits per heavy atom. The minimum Gasteiger partial charge on any atom is -0.490 e. The largest absolute Gasteiger partial charge is 0.490 e. The first-order valence-corrected chi connectivity index (χ1v) is 8.48. The lowest BCUT2D eigenvalue weighted by atomic mass is 10.2. The summed E-state index contributed by atoms with van der Waals surface area (Å²) in [5.74, 6) is 0.774. The second kappa shape index (κ2) is 7.98. The van der Waals surface area contributed by atoms with Gasteiger partial charge in [-0.15, -0.1) is 0 Å². The summed E-state index contributed by atoms with van der Waals surface area (Å²) in [4.78, 5) is 12.6. The zero-order valence-corrected chi connectivity index (χ0v) is 14.8. The molecule has 0 amide bonds. The molecule has 0 unspecified atom stereocenters. The zero-order valence-electron chi connectivity index (χ0n) is 14.1. The van der Waals surface area contributed by atoms with Crippen molar-refractivity contribution in [1.82, 2.24) is 0 Å². The van der Waals surface area contributed by atoms with Crippen LogP contribution in [0.4, 0.5) is 0 Å². The van der Waals surface area contributed by atoms with E-state index in [4.69, 9.17) is 35.8 Å². The molecule has 0 saturated heterocycles. The summed E-state index contributed by atoms with van der Waals surface area (Å²) in [5, 5.41) is 9.16. The molecule has 0 aliphatic carbocycles. The Labute approximate surface area is 155 Å². The average molecular weight is 374 g/mol. The normalized spacial score (nSPS) is 12.7. The molecule has 2 aromatic rings. The van der Waals surface area contributed by atoms with Crippen LogP contribution in [0.15, 0.2) is 30.3 Å². The van der Waals surface area contributed by atoms with E-state index < -0.39 is 5.97 Å². The molecule has 7 heteroatoms.